The molecule has 1 saturated carbocycles. The fourth-order valence-corrected chi connectivity index (χ4v) is 2.90. The summed E-state index contributed by atoms with van der Waals surface area (Å²) in [4.78, 5) is 10.7. The van der Waals surface area contributed by atoms with E-state index in [1.165, 1.54) is 38.2 Å². The molecule has 0 bridgehead atoms. The zero-order valence-corrected chi connectivity index (χ0v) is 11.5. The van der Waals surface area contributed by atoms with Crippen LogP contribution in [0.4, 0.5) is 0 Å². The van der Waals surface area contributed by atoms with Crippen LogP contribution in [-0.4, -0.2) is 17.7 Å². The summed E-state index contributed by atoms with van der Waals surface area (Å²) in [6, 6.07) is 7.59. The molecule has 0 radical (unpaired) electrons. The lowest BCUT2D eigenvalue weighted by molar-refractivity contribution is -0.141. The highest BCUT2D eigenvalue weighted by atomic mass is 16.5. The molecular formula is C16H22O3. The minimum absolute atomic E-state index is 0.183. The second kappa shape index (κ2) is 6.60. The molecule has 3 nitrogen and oxygen atoms in total. The second-order valence-electron chi connectivity index (χ2n) is 5.44. The highest BCUT2D eigenvalue weighted by Gasteiger charge is 2.22. The van der Waals surface area contributed by atoms with Crippen LogP contribution in [0.3, 0.4) is 0 Å². The standard InChI is InChI=1S/C16H22O3/c1-12(17)19-11-10-13-2-4-14(5-3-13)15-6-8-16(18)9-7-15/h6-9,13-14,18H,2-5,10-11H2,1H3. The molecule has 1 aromatic rings. The van der Waals surface area contributed by atoms with Gasteiger partial charge in [-0.1, -0.05) is 12.1 Å². The third kappa shape index (κ3) is 4.27. The molecule has 104 valence electrons. The average molecular weight is 262 g/mol. The van der Waals surface area contributed by atoms with Gasteiger partial charge in [-0.2, -0.15) is 0 Å². The lowest BCUT2D eigenvalue weighted by Gasteiger charge is -2.28. The van der Waals surface area contributed by atoms with Crippen LogP contribution in [0.2, 0.25) is 0 Å². The van der Waals surface area contributed by atoms with Crippen LogP contribution >= 0.6 is 0 Å². The number of esters is 1. The number of benzene rings is 1. The molecule has 0 aromatic heterocycles. The Bertz CT molecular complexity index is 403. The highest BCUT2D eigenvalue weighted by Crippen LogP contribution is 2.37. The summed E-state index contributed by atoms with van der Waals surface area (Å²) in [7, 11) is 0. The van der Waals surface area contributed by atoms with Crippen LogP contribution < -0.4 is 0 Å². The SMILES string of the molecule is CC(=O)OCCC1CCC(c2ccc(O)cc2)CC1. The van der Waals surface area contributed by atoms with Crippen LogP contribution in [0.15, 0.2) is 24.3 Å². The van der Waals surface area contributed by atoms with Gasteiger partial charge in [-0.15, -0.1) is 0 Å². The molecule has 0 spiro atoms. The molecule has 1 fully saturated rings. The molecule has 1 aliphatic carbocycles. The number of hydrogen-bond donors (Lipinski definition) is 1. The van der Waals surface area contributed by atoms with E-state index in [0.29, 0.717) is 24.2 Å². The zero-order chi connectivity index (χ0) is 13.7. The molecule has 0 heterocycles. The molecule has 3 heteroatoms. The molecule has 0 aliphatic heterocycles. The van der Waals surface area contributed by atoms with Crippen molar-refractivity contribution >= 4 is 5.97 Å². The fourth-order valence-electron chi connectivity index (χ4n) is 2.90. The van der Waals surface area contributed by atoms with E-state index in [0.717, 1.165) is 6.42 Å². The Labute approximate surface area is 114 Å². The zero-order valence-electron chi connectivity index (χ0n) is 11.5. The monoisotopic (exact) mass is 262 g/mol. The van der Waals surface area contributed by atoms with Crippen molar-refractivity contribution in [2.75, 3.05) is 6.61 Å². The van der Waals surface area contributed by atoms with E-state index in [-0.39, 0.29) is 5.97 Å². The van der Waals surface area contributed by atoms with E-state index in [9.17, 15) is 9.90 Å². The highest BCUT2D eigenvalue weighted by molar-refractivity contribution is 5.65. The van der Waals surface area contributed by atoms with E-state index >= 15 is 0 Å². The fraction of sp³-hybridized carbons (Fsp3) is 0.562. The van der Waals surface area contributed by atoms with E-state index in [1.54, 1.807) is 12.1 Å². The lowest BCUT2D eigenvalue weighted by atomic mass is 9.78. The predicted molar refractivity (Wildman–Crippen MR) is 74.1 cm³/mol. The van der Waals surface area contributed by atoms with Gasteiger partial charge in [0, 0.05) is 6.92 Å². The van der Waals surface area contributed by atoms with Gasteiger partial charge in [0.05, 0.1) is 6.61 Å². The van der Waals surface area contributed by atoms with Crippen LogP contribution in [0, 0.1) is 5.92 Å². The summed E-state index contributed by atoms with van der Waals surface area (Å²) in [5.74, 6) is 1.45. The predicted octanol–water partition coefficient (Wildman–Crippen LogP) is 3.62. The van der Waals surface area contributed by atoms with Gasteiger partial charge in [-0.05, 0) is 61.6 Å². The Morgan fingerprint density at radius 2 is 1.84 bits per heavy atom. The number of phenolic OH excluding ortho intramolecular Hbond substituents is 1. The van der Waals surface area contributed by atoms with Gasteiger partial charge in [0.25, 0.3) is 0 Å². The van der Waals surface area contributed by atoms with E-state index in [1.807, 2.05) is 12.1 Å². The molecule has 0 unspecified atom stereocenters. The third-order valence-corrected chi connectivity index (χ3v) is 4.04. The first-order valence-corrected chi connectivity index (χ1v) is 7.07. The summed E-state index contributed by atoms with van der Waals surface area (Å²) >= 11 is 0. The Balaban J connectivity index is 1.76. The summed E-state index contributed by atoms with van der Waals surface area (Å²) in [5, 5.41) is 9.30. The Hall–Kier alpha value is -1.51. The van der Waals surface area contributed by atoms with Crippen molar-refractivity contribution < 1.29 is 14.6 Å². The van der Waals surface area contributed by atoms with Gasteiger partial charge >= 0.3 is 5.97 Å². The number of carbonyl (C=O) groups excluding carboxylic acids is 1. The largest absolute Gasteiger partial charge is 0.508 e. The maximum absolute atomic E-state index is 10.7. The van der Waals surface area contributed by atoms with Crippen molar-refractivity contribution in [2.45, 2.75) is 44.9 Å². The number of rotatable bonds is 4. The van der Waals surface area contributed by atoms with Gasteiger partial charge in [-0.25, -0.2) is 0 Å². The number of hydrogen-bond acceptors (Lipinski definition) is 3. The molecule has 0 saturated heterocycles. The Morgan fingerprint density at radius 1 is 1.21 bits per heavy atom. The smallest absolute Gasteiger partial charge is 0.302 e. The van der Waals surface area contributed by atoms with Crippen molar-refractivity contribution in [1.82, 2.24) is 0 Å². The van der Waals surface area contributed by atoms with Crippen LogP contribution in [-0.2, 0) is 9.53 Å². The van der Waals surface area contributed by atoms with E-state index < -0.39 is 0 Å². The topological polar surface area (TPSA) is 46.5 Å². The number of phenols is 1. The van der Waals surface area contributed by atoms with Crippen LogP contribution in [0.25, 0.3) is 0 Å². The second-order valence-corrected chi connectivity index (χ2v) is 5.44. The Morgan fingerprint density at radius 3 is 2.42 bits per heavy atom. The van der Waals surface area contributed by atoms with Crippen LogP contribution in [0.5, 0.6) is 5.75 Å². The van der Waals surface area contributed by atoms with Crippen LogP contribution in [0.1, 0.15) is 50.5 Å². The normalized spacial score (nSPS) is 23.0. The van der Waals surface area contributed by atoms with Crippen molar-refractivity contribution in [2.24, 2.45) is 5.92 Å². The molecule has 0 atom stereocenters. The number of carbonyl (C=O) groups is 1. The van der Waals surface area contributed by atoms with Crippen molar-refractivity contribution in [3.63, 3.8) is 0 Å². The van der Waals surface area contributed by atoms with Gasteiger partial charge in [0.2, 0.25) is 0 Å². The number of ether oxygens (including phenoxy) is 1. The van der Waals surface area contributed by atoms with E-state index in [2.05, 4.69) is 0 Å². The first kappa shape index (κ1) is 13.9. The first-order valence-electron chi connectivity index (χ1n) is 7.07. The van der Waals surface area contributed by atoms with Gasteiger partial charge in [-0.3, -0.25) is 4.79 Å². The third-order valence-electron chi connectivity index (χ3n) is 4.04. The summed E-state index contributed by atoms with van der Waals surface area (Å²) in [5.41, 5.74) is 1.33. The molecule has 0 amide bonds. The minimum atomic E-state index is -0.183. The lowest BCUT2D eigenvalue weighted by Crippen LogP contribution is -2.15. The molecule has 1 N–H and O–H groups in total. The van der Waals surface area contributed by atoms with Crippen molar-refractivity contribution in [1.29, 1.82) is 0 Å². The number of aromatic hydroxyl groups is 1. The summed E-state index contributed by atoms with van der Waals surface area (Å²) in [6.07, 6.45) is 5.77. The van der Waals surface area contributed by atoms with E-state index in [4.69, 9.17) is 4.74 Å². The van der Waals surface area contributed by atoms with Crippen molar-refractivity contribution in [3.05, 3.63) is 29.8 Å². The molecule has 2 rings (SSSR count). The summed E-state index contributed by atoms with van der Waals surface area (Å²) < 4.78 is 5.00. The first-order chi connectivity index (χ1) is 9.15. The van der Waals surface area contributed by atoms with Gasteiger partial charge < -0.3 is 9.84 Å². The average Bonchev–Trinajstić information content (AvgIpc) is 2.40. The molecule has 1 aromatic carbocycles. The maximum atomic E-state index is 10.7. The molecule has 1 aliphatic rings. The Kier molecular flexibility index (Phi) is 4.83. The molecule has 19 heavy (non-hydrogen) atoms. The van der Waals surface area contributed by atoms with Crippen molar-refractivity contribution in [3.8, 4) is 5.75 Å². The quantitative estimate of drug-likeness (QED) is 0.843. The van der Waals surface area contributed by atoms with Gasteiger partial charge in [0.1, 0.15) is 5.75 Å². The van der Waals surface area contributed by atoms with Gasteiger partial charge in [0.15, 0.2) is 0 Å². The summed E-state index contributed by atoms with van der Waals surface area (Å²) in [6.45, 7) is 2.02. The molecular weight excluding hydrogens is 240 g/mol. The maximum Gasteiger partial charge on any atom is 0.302 e. The minimum Gasteiger partial charge on any atom is -0.508 e.